The molecule has 1 aromatic rings. The molecule has 0 unspecified atom stereocenters. The van der Waals surface area contributed by atoms with Crippen molar-refractivity contribution in [2.45, 2.75) is 25.7 Å². The maximum Gasteiger partial charge on any atom is 0.304 e. The molecule has 1 saturated heterocycles. The summed E-state index contributed by atoms with van der Waals surface area (Å²) < 4.78 is 5.35. The zero-order valence-electron chi connectivity index (χ0n) is 11.6. The fourth-order valence-electron chi connectivity index (χ4n) is 2.43. The van der Waals surface area contributed by atoms with Crippen LogP contribution in [0.4, 0.5) is 5.69 Å². The minimum atomic E-state index is -0.762. The van der Waals surface area contributed by atoms with E-state index >= 15 is 0 Å². The van der Waals surface area contributed by atoms with Crippen molar-refractivity contribution in [1.29, 1.82) is 0 Å². The van der Waals surface area contributed by atoms with Crippen LogP contribution in [0.25, 0.3) is 0 Å². The Morgan fingerprint density at radius 2 is 2.05 bits per heavy atom. The molecule has 1 heterocycles. The average molecular weight is 263 g/mol. The third kappa shape index (κ3) is 3.47. The highest BCUT2D eigenvalue weighted by atomic mass is 16.5. The molecule has 1 aliphatic heterocycles. The number of anilines is 1. The van der Waals surface area contributed by atoms with Gasteiger partial charge in [-0.05, 0) is 17.7 Å². The number of hydrogen-bond acceptors (Lipinski definition) is 3. The smallest absolute Gasteiger partial charge is 0.304 e. The molecule has 1 fully saturated rings. The first-order chi connectivity index (χ1) is 8.99. The van der Waals surface area contributed by atoms with E-state index in [-0.39, 0.29) is 11.8 Å². The van der Waals surface area contributed by atoms with Crippen molar-refractivity contribution < 1.29 is 14.6 Å². The first-order valence-corrected chi connectivity index (χ1v) is 6.64. The van der Waals surface area contributed by atoms with Crippen molar-refractivity contribution in [3.63, 3.8) is 0 Å². The standard InChI is InChI=1S/C15H21NO3/c1-15(2,11-14(17)18)12-4-3-5-13(10-12)16-6-8-19-9-7-16/h3-5,10H,6-9,11H2,1-2H3,(H,17,18). The van der Waals surface area contributed by atoms with Crippen LogP contribution in [0, 0.1) is 0 Å². The lowest BCUT2D eigenvalue weighted by atomic mass is 9.81. The van der Waals surface area contributed by atoms with Crippen molar-refractivity contribution in [3.8, 4) is 0 Å². The van der Waals surface area contributed by atoms with Crippen LogP contribution in [0.3, 0.4) is 0 Å². The molecule has 4 nitrogen and oxygen atoms in total. The Kier molecular flexibility index (Phi) is 4.10. The highest BCUT2D eigenvalue weighted by Crippen LogP contribution is 2.30. The molecule has 1 aromatic carbocycles. The van der Waals surface area contributed by atoms with Gasteiger partial charge in [-0.1, -0.05) is 26.0 Å². The SMILES string of the molecule is CC(C)(CC(=O)O)c1cccc(N2CCOCC2)c1. The van der Waals surface area contributed by atoms with E-state index in [0.29, 0.717) is 0 Å². The predicted molar refractivity (Wildman–Crippen MR) is 74.8 cm³/mol. The molecular weight excluding hydrogens is 242 g/mol. The molecule has 0 bridgehead atoms. The topological polar surface area (TPSA) is 49.8 Å². The van der Waals surface area contributed by atoms with E-state index in [9.17, 15) is 4.79 Å². The maximum absolute atomic E-state index is 10.9. The lowest BCUT2D eigenvalue weighted by Crippen LogP contribution is -2.36. The summed E-state index contributed by atoms with van der Waals surface area (Å²) in [6.07, 6.45) is 0.138. The minimum absolute atomic E-state index is 0.138. The molecule has 0 amide bonds. The number of ether oxygens (including phenoxy) is 1. The molecule has 0 spiro atoms. The summed E-state index contributed by atoms with van der Waals surface area (Å²) in [5.41, 5.74) is 1.87. The van der Waals surface area contributed by atoms with Gasteiger partial charge in [0.05, 0.1) is 19.6 Å². The molecule has 1 N–H and O–H groups in total. The van der Waals surface area contributed by atoms with Crippen LogP contribution in [0.5, 0.6) is 0 Å². The number of hydrogen-bond donors (Lipinski definition) is 1. The highest BCUT2D eigenvalue weighted by molar-refractivity contribution is 5.69. The Labute approximate surface area is 114 Å². The third-order valence-electron chi connectivity index (χ3n) is 3.60. The van der Waals surface area contributed by atoms with Gasteiger partial charge in [-0.15, -0.1) is 0 Å². The molecule has 19 heavy (non-hydrogen) atoms. The van der Waals surface area contributed by atoms with Gasteiger partial charge in [0.1, 0.15) is 0 Å². The molecule has 104 valence electrons. The van der Waals surface area contributed by atoms with E-state index in [1.165, 1.54) is 0 Å². The van der Waals surface area contributed by atoms with Crippen molar-refractivity contribution in [3.05, 3.63) is 29.8 Å². The molecule has 0 aromatic heterocycles. The van der Waals surface area contributed by atoms with Crippen LogP contribution < -0.4 is 4.90 Å². The van der Waals surface area contributed by atoms with Crippen molar-refractivity contribution in [2.24, 2.45) is 0 Å². The van der Waals surface area contributed by atoms with Gasteiger partial charge < -0.3 is 14.7 Å². The van der Waals surface area contributed by atoms with Crippen LogP contribution in [0.15, 0.2) is 24.3 Å². The van der Waals surface area contributed by atoms with Crippen LogP contribution in [0.1, 0.15) is 25.8 Å². The number of carboxylic acids is 1. The van der Waals surface area contributed by atoms with Gasteiger partial charge in [0.25, 0.3) is 0 Å². The molecule has 1 aliphatic rings. The molecule has 0 saturated carbocycles. The molecular formula is C15H21NO3. The van der Waals surface area contributed by atoms with E-state index in [0.717, 1.165) is 37.6 Å². The monoisotopic (exact) mass is 263 g/mol. The lowest BCUT2D eigenvalue weighted by Gasteiger charge is -2.31. The number of morpholine rings is 1. The quantitative estimate of drug-likeness (QED) is 0.905. The summed E-state index contributed by atoms with van der Waals surface area (Å²) in [4.78, 5) is 13.2. The van der Waals surface area contributed by atoms with Crippen molar-refractivity contribution in [1.82, 2.24) is 0 Å². The van der Waals surface area contributed by atoms with Gasteiger partial charge in [-0.2, -0.15) is 0 Å². The van der Waals surface area contributed by atoms with Gasteiger partial charge in [-0.25, -0.2) is 0 Å². The molecule has 2 rings (SSSR count). The average Bonchev–Trinajstić information content (AvgIpc) is 2.38. The van der Waals surface area contributed by atoms with Gasteiger partial charge >= 0.3 is 5.97 Å². The Morgan fingerprint density at radius 1 is 1.37 bits per heavy atom. The number of carbonyl (C=O) groups is 1. The Balaban J connectivity index is 2.20. The third-order valence-corrected chi connectivity index (χ3v) is 3.60. The normalized spacial score (nSPS) is 16.4. The van der Waals surface area contributed by atoms with E-state index in [4.69, 9.17) is 9.84 Å². The summed E-state index contributed by atoms with van der Waals surface area (Å²) in [6.45, 7) is 7.23. The number of aliphatic carboxylic acids is 1. The predicted octanol–water partition coefficient (Wildman–Crippen LogP) is 2.28. The summed E-state index contributed by atoms with van der Waals surface area (Å²) in [5, 5.41) is 9.00. The van der Waals surface area contributed by atoms with Crippen molar-refractivity contribution >= 4 is 11.7 Å². The van der Waals surface area contributed by atoms with Crippen LogP contribution in [-0.4, -0.2) is 37.4 Å². The number of carboxylic acid groups (broad SMARTS) is 1. The van der Waals surface area contributed by atoms with Gasteiger partial charge in [0.15, 0.2) is 0 Å². The van der Waals surface area contributed by atoms with E-state index in [1.54, 1.807) is 0 Å². The lowest BCUT2D eigenvalue weighted by molar-refractivity contribution is -0.138. The first kappa shape index (κ1) is 13.9. The fourth-order valence-corrected chi connectivity index (χ4v) is 2.43. The fraction of sp³-hybridized carbons (Fsp3) is 0.533. The van der Waals surface area contributed by atoms with Gasteiger partial charge in [0.2, 0.25) is 0 Å². The largest absolute Gasteiger partial charge is 0.481 e. The Morgan fingerprint density at radius 3 is 2.68 bits per heavy atom. The Bertz CT molecular complexity index is 450. The second-order valence-electron chi connectivity index (χ2n) is 5.60. The van der Waals surface area contributed by atoms with E-state index < -0.39 is 5.97 Å². The minimum Gasteiger partial charge on any atom is -0.481 e. The van der Waals surface area contributed by atoms with E-state index in [2.05, 4.69) is 17.0 Å². The molecule has 0 radical (unpaired) electrons. The summed E-state index contributed by atoms with van der Waals surface area (Å²) in [5.74, 6) is -0.762. The number of nitrogens with zero attached hydrogens (tertiary/aromatic N) is 1. The van der Waals surface area contributed by atoms with Crippen LogP contribution >= 0.6 is 0 Å². The zero-order chi connectivity index (χ0) is 13.9. The van der Waals surface area contributed by atoms with Crippen LogP contribution in [0.2, 0.25) is 0 Å². The first-order valence-electron chi connectivity index (χ1n) is 6.64. The van der Waals surface area contributed by atoms with Gasteiger partial charge in [-0.3, -0.25) is 4.79 Å². The second-order valence-corrected chi connectivity index (χ2v) is 5.60. The molecule has 0 aliphatic carbocycles. The van der Waals surface area contributed by atoms with Crippen LogP contribution in [-0.2, 0) is 14.9 Å². The number of rotatable bonds is 4. The summed E-state index contributed by atoms with van der Waals surface area (Å²) >= 11 is 0. The van der Waals surface area contributed by atoms with Crippen molar-refractivity contribution in [2.75, 3.05) is 31.2 Å². The van der Waals surface area contributed by atoms with E-state index in [1.807, 2.05) is 26.0 Å². The van der Waals surface area contributed by atoms with Gasteiger partial charge in [0, 0.05) is 24.2 Å². The highest BCUT2D eigenvalue weighted by Gasteiger charge is 2.25. The second kappa shape index (κ2) is 5.61. The Hall–Kier alpha value is -1.55. The summed E-state index contributed by atoms with van der Waals surface area (Å²) in [6, 6.07) is 8.19. The molecule has 0 atom stereocenters. The summed E-state index contributed by atoms with van der Waals surface area (Å²) in [7, 11) is 0. The molecule has 4 heteroatoms. The maximum atomic E-state index is 10.9. The number of benzene rings is 1. The zero-order valence-corrected chi connectivity index (χ0v) is 11.6.